The largest absolute Gasteiger partial charge is 0.334 e. The summed E-state index contributed by atoms with van der Waals surface area (Å²) < 4.78 is 3.78. The van der Waals surface area contributed by atoms with E-state index in [9.17, 15) is 4.79 Å². The van der Waals surface area contributed by atoms with Gasteiger partial charge in [0.05, 0.1) is 47.8 Å². The highest BCUT2D eigenvalue weighted by Crippen LogP contribution is 2.42. The Hall–Kier alpha value is -3.36. The van der Waals surface area contributed by atoms with E-state index < -0.39 is 0 Å². The van der Waals surface area contributed by atoms with Gasteiger partial charge < -0.3 is 4.90 Å². The molecule has 1 aliphatic carbocycles. The average Bonchev–Trinajstić information content (AvgIpc) is 3.24. The van der Waals surface area contributed by atoms with Crippen LogP contribution in [0.2, 0.25) is 0 Å². The molecule has 3 aromatic rings. The zero-order chi connectivity index (χ0) is 22.7. The summed E-state index contributed by atoms with van der Waals surface area (Å²) in [7, 11) is 1.90. The number of hydrogen-bond donors (Lipinski definition) is 0. The molecule has 0 spiro atoms. The minimum Gasteiger partial charge on any atom is -0.334 e. The maximum atomic E-state index is 13.2. The minimum atomic E-state index is 0.0747. The predicted molar refractivity (Wildman–Crippen MR) is 123 cm³/mol. The van der Waals surface area contributed by atoms with Crippen molar-refractivity contribution in [3.63, 3.8) is 0 Å². The molecule has 1 saturated carbocycles. The first-order valence-electron chi connectivity index (χ1n) is 11.8. The van der Waals surface area contributed by atoms with Crippen molar-refractivity contribution in [3.05, 3.63) is 46.9 Å². The fourth-order valence-corrected chi connectivity index (χ4v) is 4.80. The van der Waals surface area contributed by atoms with Crippen LogP contribution in [0.4, 0.5) is 0 Å². The Bertz CT molecular complexity index is 1280. The normalized spacial score (nSPS) is 18.2. The van der Waals surface area contributed by atoms with Crippen molar-refractivity contribution in [1.29, 1.82) is 0 Å². The number of carbonyl (C=O) groups excluding carboxylic acids is 1. The Labute approximate surface area is 192 Å². The lowest BCUT2D eigenvalue weighted by molar-refractivity contribution is -0.133. The number of hydrogen-bond acceptors (Lipinski definition) is 6. The second-order valence-corrected chi connectivity index (χ2v) is 9.56. The van der Waals surface area contributed by atoms with Crippen molar-refractivity contribution in [1.82, 2.24) is 34.4 Å². The molecular formula is C24H28N8O. The van der Waals surface area contributed by atoms with Crippen LogP contribution in [-0.4, -0.2) is 52.1 Å². The molecule has 3 aromatic heterocycles. The molecule has 2 aliphatic heterocycles. The van der Waals surface area contributed by atoms with Crippen LogP contribution in [0, 0.1) is 0 Å². The lowest BCUT2D eigenvalue weighted by Crippen LogP contribution is -2.36. The average molecular weight is 445 g/mol. The maximum Gasteiger partial charge on any atom is 0.223 e. The molecule has 9 heteroatoms. The van der Waals surface area contributed by atoms with Crippen LogP contribution in [0.3, 0.4) is 0 Å². The summed E-state index contributed by atoms with van der Waals surface area (Å²) in [5.74, 6) is 0.628. The molecule has 0 saturated heterocycles. The molecule has 9 nitrogen and oxygen atoms in total. The fraction of sp³-hybridized carbons (Fsp3) is 0.500. The Morgan fingerprint density at radius 3 is 2.73 bits per heavy atom. The van der Waals surface area contributed by atoms with Crippen molar-refractivity contribution in [2.75, 3.05) is 0 Å². The van der Waals surface area contributed by atoms with Crippen molar-refractivity contribution < 1.29 is 4.79 Å². The van der Waals surface area contributed by atoms with Gasteiger partial charge in [-0.3, -0.25) is 24.1 Å². The molecule has 0 unspecified atom stereocenters. The van der Waals surface area contributed by atoms with Crippen molar-refractivity contribution in [2.45, 2.75) is 71.1 Å². The van der Waals surface area contributed by atoms with E-state index in [1.165, 1.54) is 0 Å². The Kier molecular flexibility index (Phi) is 4.67. The second-order valence-electron chi connectivity index (χ2n) is 9.56. The molecule has 170 valence electrons. The van der Waals surface area contributed by atoms with Crippen LogP contribution in [0.25, 0.3) is 11.3 Å². The summed E-state index contributed by atoms with van der Waals surface area (Å²) in [6.07, 6.45) is 9.42. The van der Waals surface area contributed by atoms with E-state index in [1.54, 1.807) is 4.68 Å². The van der Waals surface area contributed by atoms with E-state index in [0.29, 0.717) is 32.0 Å². The van der Waals surface area contributed by atoms with Gasteiger partial charge in [-0.25, -0.2) is 4.98 Å². The van der Waals surface area contributed by atoms with Gasteiger partial charge in [0, 0.05) is 55.5 Å². The third kappa shape index (κ3) is 3.55. The number of rotatable bonds is 2. The minimum absolute atomic E-state index is 0.0747. The van der Waals surface area contributed by atoms with Crippen LogP contribution in [0.5, 0.6) is 0 Å². The van der Waals surface area contributed by atoms with Gasteiger partial charge in [-0.1, -0.05) is 0 Å². The van der Waals surface area contributed by atoms with E-state index in [0.717, 1.165) is 64.6 Å². The quantitative estimate of drug-likeness (QED) is 0.606. The fourth-order valence-electron chi connectivity index (χ4n) is 4.80. The maximum absolute atomic E-state index is 13.2. The van der Waals surface area contributed by atoms with Gasteiger partial charge in [-0.05, 0) is 33.1 Å². The molecular weight excluding hydrogens is 416 g/mol. The van der Waals surface area contributed by atoms with Gasteiger partial charge in [0.1, 0.15) is 5.69 Å². The molecule has 0 N–H and O–H groups in total. The molecule has 33 heavy (non-hydrogen) atoms. The molecule has 5 heterocycles. The summed E-state index contributed by atoms with van der Waals surface area (Å²) in [5, 5.41) is 9.60. The highest BCUT2D eigenvalue weighted by Gasteiger charge is 2.34. The first-order valence-corrected chi connectivity index (χ1v) is 11.8. The van der Waals surface area contributed by atoms with Gasteiger partial charge in [-0.2, -0.15) is 10.2 Å². The Balaban J connectivity index is 1.51. The lowest BCUT2D eigenvalue weighted by atomic mass is 10.0. The first-order chi connectivity index (χ1) is 16.0. The molecule has 0 radical (unpaired) electrons. The Morgan fingerprint density at radius 2 is 1.94 bits per heavy atom. The van der Waals surface area contributed by atoms with Gasteiger partial charge in [0.15, 0.2) is 0 Å². The third-order valence-corrected chi connectivity index (χ3v) is 6.69. The highest BCUT2D eigenvalue weighted by molar-refractivity contribution is 6.14. The van der Waals surface area contributed by atoms with Crippen LogP contribution in [0.1, 0.15) is 73.8 Å². The number of amides is 1. The number of aryl methyl sites for hydroxylation is 2. The molecule has 0 aromatic carbocycles. The van der Waals surface area contributed by atoms with E-state index >= 15 is 0 Å². The number of aliphatic imine (C=N–C) groups is 1. The zero-order valence-corrected chi connectivity index (χ0v) is 19.3. The molecule has 4 bridgehead atoms. The number of aromatic nitrogens is 6. The molecule has 3 aliphatic rings. The Morgan fingerprint density at radius 1 is 1.09 bits per heavy atom. The molecule has 6 rings (SSSR count). The second kappa shape index (κ2) is 7.60. The smallest absolute Gasteiger partial charge is 0.223 e. The summed E-state index contributed by atoms with van der Waals surface area (Å²) in [6, 6.07) is 0.0747. The molecule has 1 amide bonds. The van der Waals surface area contributed by atoms with Crippen LogP contribution >= 0.6 is 0 Å². The van der Waals surface area contributed by atoms with E-state index in [-0.39, 0.29) is 11.9 Å². The lowest BCUT2D eigenvalue weighted by Gasteiger charge is -2.26. The first kappa shape index (κ1) is 20.3. The third-order valence-electron chi connectivity index (χ3n) is 6.69. The molecule has 1 fully saturated rings. The topological polar surface area (TPSA) is 94.1 Å². The monoisotopic (exact) mass is 444 g/mol. The van der Waals surface area contributed by atoms with Crippen LogP contribution in [-0.2, 0) is 31.5 Å². The van der Waals surface area contributed by atoms with E-state index in [1.807, 2.05) is 42.9 Å². The number of carbonyl (C=O) groups is 1. The van der Waals surface area contributed by atoms with Crippen LogP contribution < -0.4 is 0 Å². The summed E-state index contributed by atoms with van der Waals surface area (Å²) in [4.78, 5) is 29.7. The van der Waals surface area contributed by atoms with Crippen molar-refractivity contribution >= 4 is 11.6 Å². The number of fused-ring (bicyclic) bond motifs is 6. The van der Waals surface area contributed by atoms with E-state index in [2.05, 4.69) is 11.3 Å². The van der Waals surface area contributed by atoms with Gasteiger partial charge >= 0.3 is 0 Å². The van der Waals surface area contributed by atoms with Crippen molar-refractivity contribution in [2.24, 2.45) is 12.0 Å². The van der Waals surface area contributed by atoms with Crippen molar-refractivity contribution in [3.8, 4) is 11.3 Å². The van der Waals surface area contributed by atoms with Gasteiger partial charge in [0.2, 0.25) is 5.91 Å². The highest BCUT2D eigenvalue weighted by atomic mass is 16.2. The summed E-state index contributed by atoms with van der Waals surface area (Å²) >= 11 is 0. The predicted octanol–water partition coefficient (Wildman–Crippen LogP) is 2.83. The standard InChI is InChI=1S/C24H28N8O/c1-14(2)32-13-20-16(11-30(3)28-20)18-9-25-19-10-26-23(24(19)27-18)17-12-31(8-4-5-21(32)33)29-22(17)15-6-7-15/h9,11-12,14-15H,4-8,10,13H2,1-3H3. The SMILES string of the molecule is CC(C)N1Cc2nn(C)cc2-c2cnc3c(n2)C(=NC3)c2cn(nc2C2CC2)CCCC1=O. The van der Waals surface area contributed by atoms with E-state index in [4.69, 9.17) is 20.1 Å². The molecule has 0 atom stereocenters. The zero-order valence-electron chi connectivity index (χ0n) is 19.3. The van der Waals surface area contributed by atoms with Gasteiger partial charge in [0.25, 0.3) is 0 Å². The summed E-state index contributed by atoms with van der Waals surface area (Å²) in [6.45, 7) is 5.80. The number of nitrogens with zero attached hydrogens (tertiary/aromatic N) is 8. The van der Waals surface area contributed by atoms with Crippen LogP contribution in [0.15, 0.2) is 23.6 Å². The summed E-state index contributed by atoms with van der Waals surface area (Å²) in [5.41, 5.74) is 7.32. The van der Waals surface area contributed by atoms with Gasteiger partial charge in [-0.15, -0.1) is 0 Å².